The van der Waals surface area contributed by atoms with E-state index in [9.17, 15) is 4.79 Å². The third-order valence-electron chi connectivity index (χ3n) is 4.85. The standard InChI is InChI=1S/C20H17Cl2NO/c21-15-7-3-13(4-8-15)19-18(24)12-17-2-1-11-23(17)20(19)14-5-9-16(22)10-6-14/h3-10,17H,1-2,11-12H2/t17-/m1/s1. The number of carbonyl (C=O) groups is 1. The van der Waals surface area contributed by atoms with Gasteiger partial charge in [0.25, 0.3) is 0 Å². The number of carbonyl (C=O) groups excluding carboxylic acids is 1. The van der Waals surface area contributed by atoms with Gasteiger partial charge in [-0.3, -0.25) is 4.79 Å². The molecule has 0 saturated carbocycles. The summed E-state index contributed by atoms with van der Waals surface area (Å²) in [5.74, 6) is 0.213. The third kappa shape index (κ3) is 2.74. The largest absolute Gasteiger partial charge is 0.367 e. The van der Waals surface area contributed by atoms with E-state index in [0.29, 0.717) is 22.5 Å². The van der Waals surface area contributed by atoms with Crippen molar-refractivity contribution in [3.63, 3.8) is 0 Å². The van der Waals surface area contributed by atoms with Crippen molar-refractivity contribution < 1.29 is 4.79 Å². The van der Waals surface area contributed by atoms with Gasteiger partial charge < -0.3 is 4.90 Å². The molecule has 4 heteroatoms. The molecule has 0 amide bonds. The van der Waals surface area contributed by atoms with Crippen molar-refractivity contribution in [3.8, 4) is 0 Å². The second kappa shape index (κ2) is 6.27. The Balaban J connectivity index is 1.93. The summed E-state index contributed by atoms with van der Waals surface area (Å²) in [6.45, 7) is 0.993. The van der Waals surface area contributed by atoms with Gasteiger partial charge in [0, 0.05) is 34.6 Å². The van der Waals surface area contributed by atoms with Crippen LogP contribution in [0.3, 0.4) is 0 Å². The normalized spacial score (nSPS) is 20.5. The van der Waals surface area contributed by atoms with Crippen LogP contribution in [0.15, 0.2) is 48.5 Å². The Kier molecular flexibility index (Phi) is 4.11. The molecule has 2 aliphatic heterocycles. The molecule has 2 nitrogen and oxygen atoms in total. The summed E-state index contributed by atoms with van der Waals surface area (Å²) in [6.07, 6.45) is 2.80. The summed E-state index contributed by atoms with van der Waals surface area (Å²) in [5.41, 5.74) is 3.81. The number of fused-ring (bicyclic) bond motifs is 1. The molecule has 0 bridgehead atoms. The molecular formula is C20H17Cl2NO. The lowest BCUT2D eigenvalue weighted by atomic mass is 9.88. The smallest absolute Gasteiger partial charge is 0.167 e. The first-order chi connectivity index (χ1) is 11.6. The van der Waals surface area contributed by atoms with Crippen LogP contribution in [-0.2, 0) is 4.79 Å². The Labute approximate surface area is 151 Å². The second-order valence-corrected chi connectivity index (χ2v) is 7.23. The highest BCUT2D eigenvalue weighted by Gasteiger charge is 2.37. The van der Waals surface area contributed by atoms with E-state index in [1.807, 2.05) is 48.5 Å². The number of rotatable bonds is 2. The van der Waals surface area contributed by atoms with Crippen LogP contribution in [0.2, 0.25) is 10.0 Å². The summed E-state index contributed by atoms with van der Waals surface area (Å²) >= 11 is 12.1. The highest BCUT2D eigenvalue weighted by atomic mass is 35.5. The summed E-state index contributed by atoms with van der Waals surface area (Å²) in [4.78, 5) is 15.3. The van der Waals surface area contributed by atoms with E-state index in [-0.39, 0.29) is 5.78 Å². The maximum atomic E-state index is 12.9. The molecule has 2 aromatic carbocycles. The molecule has 0 aliphatic carbocycles. The maximum absolute atomic E-state index is 12.9. The number of hydrogen-bond donors (Lipinski definition) is 0. The summed E-state index contributed by atoms with van der Waals surface area (Å²) in [7, 11) is 0. The van der Waals surface area contributed by atoms with Crippen molar-refractivity contribution in [1.82, 2.24) is 4.90 Å². The van der Waals surface area contributed by atoms with E-state index in [1.165, 1.54) is 0 Å². The van der Waals surface area contributed by atoms with E-state index in [1.54, 1.807) is 0 Å². The quantitative estimate of drug-likeness (QED) is 0.726. The molecule has 0 spiro atoms. The van der Waals surface area contributed by atoms with E-state index in [0.717, 1.165) is 41.8 Å². The van der Waals surface area contributed by atoms with Gasteiger partial charge in [-0.25, -0.2) is 0 Å². The fourth-order valence-electron chi connectivity index (χ4n) is 3.77. The van der Waals surface area contributed by atoms with Gasteiger partial charge in [0.2, 0.25) is 0 Å². The average molecular weight is 358 g/mol. The fraction of sp³-hybridized carbons (Fsp3) is 0.250. The molecule has 1 atom stereocenters. The highest BCUT2D eigenvalue weighted by molar-refractivity contribution is 6.32. The summed E-state index contributed by atoms with van der Waals surface area (Å²) in [6, 6.07) is 15.6. The predicted octanol–water partition coefficient (Wildman–Crippen LogP) is 5.30. The van der Waals surface area contributed by atoms with Crippen molar-refractivity contribution in [1.29, 1.82) is 0 Å². The molecule has 24 heavy (non-hydrogen) atoms. The lowest BCUT2D eigenvalue weighted by Crippen LogP contribution is -2.36. The first-order valence-corrected chi connectivity index (χ1v) is 8.95. The van der Waals surface area contributed by atoms with Gasteiger partial charge >= 0.3 is 0 Å². The maximum Gasteiger partial charge on any atom is 0.167 e. The number of benzene rings is 2. The van der Waals surface area contributed by atoms with E-state index in [4.69, 9.17) is 23.2 Å². The second-order valence-electron chi connectivity index (χ2n) is 6.35. The molecule has 1 fully saturated rings. The third-order valence-corrected chi connectivity index (χ3v) is 5.36. The Hall–Kier alpha value is -1.77. The van der Waals surface area contributed by atoms with Gasteiger partial charge in [0.15, 0.2) is 5.78 Å². The Morgan fingerprint density at radius 3 is 2.08 bits per heavy atom. The number of Topliss-reactive ketones (excluding diaryl/α,β-unsaturated/α-hetero) is 1. The zero-order valence-corrected chi connectivity index (χ0v) is 14.6. The van der Waals surface area contributed by atoms with Gasteiger partial charge in [-0.05, 0) is 48.2 Å². The lowest BCUT2D eigenvalue weighted by Gasteiger charge is -2.35. The van der Waals surface area contributed by atoms with Crippen LogP contribution in [0.5, 0.6) is 0 Å². The average Bonchev–Trinajstić information content (AvgIpc) is 3.03. The minimum absolute atomic E-state index is 0.213. The molecule has 4 rings (SSSR count). The molecular weight excluding hydrogens is 341 g/mol. The molecule has 122 valence electrons. The first-order valence-electron chi connectivity index (χ1n) is 8.19. The monoisotopic (exact) mass is 357 g/mol. The minimum Gasteiger partial charge on any atom is -0.367 e. The van der Waals surface area contributed by atoms with Crippen LogP contribution in [-0.4, -0.2) is 23.3 Å². The van der Waals surface area contributed by atoms with Gasteiger partial charge in [0.05, 0.1) is 5.70 Å². The highest BCUT2D eigenvalue weighted by Crippen LogP contribution is 2.41. The Morgan fingerprint density at radius 1 is 0.875 bits per heavy atom. The number of ketones is 1. The first kappa shape index (κ1) is 15.7. The minimum atomic E-state index is 0.213. The molecule has 2 aromatic rings. The predicted molar refractivity (Wildman–Crippen MR) is 99.1 cm³/mol. The van der Waals surface area contributed by atoms with Crippen molar-refractivity contribution in [2.24, 2.45) is 0 Å². The van der Waals surface area contributed by atoms with Crippen LogP contribution in [0.4, 0.5) is 0 Å². The molecule has 0 unspecified atom stereocenters. The van der Waals surface area contributed by atoms with Crippen LogP contribution in [0.25, 0.3) is 11.3 Å². The van der Waals surface area contributed by atoms with Crippen LogP contribution < -0.4 is 0 Å². The van der Waals surface area contributed by atoms with Crippen LogP contribution in [0, 0.1) is 0 Å². The zero-order valence-electron chi connectivity index (χ0n) is 13.1. The van der Waals surface area contributed by atoms with Gasteiger partial charge in [-0.2, -0.15) is 0 Å². The zero-order chi connectivity index (χ0) is 16.7. The van der Waals surface area contributed by atoms with Crippen LogP contribution >= 0.6 is 23.2 Å². The van der Waals surface area contributed by atoms with Crippen molar-refractivity contribution >= 4 is 40.3 Å². The van der Waals surface area contributed by atoms with Gasteiger partial charge in [0.1, 0.15) is 0 Å². The Morgan fingerprint density at radius 2 is 1.46 bits per heavy atom. The topological polar surface area (TPSA) is 20.3 Å². The van der Waals surface area contributed by atoms with Gasteiger partial charge in [-0.1, -0.05) is 47.5 Å². The molecule has 1 saturated heterocycles. The van der Waals surface area contributed by atoms with E-state index in [2.05, 4.69) is 4.90 Å². The molecule has 0 N–H and O–H groups in total. The number of allylic oxidation sites excluding steroid dienone is 1. The fourth-order valence-corrected chi connectivity index (χ4v) is 4.02. The van der Waals surface area contributed by atoms with Crippen molar-refractivity contribution in [2.75, 3.05) is 6.54 Å². The summed E-state index contributed by atoms with van der Waals surface area (Å²) < 4.78 is 0. The SMILES string of the molecule is O=C1C[C@H]2CCCN2C(c2ccc(Cl)cc2)=C1c1ccc(Cl)cc1. The van der Waals surface area contributed by atoms with Crippen LogP contribution in [0.1, 0.15) is 30.4 Å². The number of halogens is 2. The summed E-state index contributed by atoms with van der Waals surface area (Å²) in [5, 5.41) is 1.38. The number of nitrogens with zero attached hydrogens (tertiary/aromatic N) is 1. The van der Waals surface area contributed by atoms with Crippen molar-refractivity contribution in [2.45, 2.75) is 25.3 Å². The van der Waals surface area contributed by atoms with E-state index < -0.39 is 0 Å². The molecule has 0 radical (unpaired) electrons. The number of hydrogen-bond acceptors (Lipinski definition) is 2. The lowest BCUT2D eigenvalue weighted by molar-refractivity contribution is -0.114. The molecule has 2 aliphatic rings. The van der Waals surface area contributed by atoms with E-state index >= 15 is 0 Å². The van der Waals surface area contributed by atoms with Crippen molar-refractivity contribution in [3.05, 3.63) is 69.7 Å². The van der Waals surface area contributed by atoms with Gasteiger partial charge in [-0.15, -0.1) is 0 Å². The Bertz CT molecular complexity index is 809. The molecule has 2 heterocycles. The molecule has 0 aromatic heterocycles.